The highest BCUT2D eigenvalue weighted by molar-refractivity contribution is 5.82. The first-order chi connectivity index (χ1) is 9.60. The Balaban J connectivity index is 2.66. The van der Waals surface area contributed by atoms with E-state index in [1.54, 1.807) is 4.90 Å². The van der Waals surface area contributed by atoms with Crippen LogP contribution < -0.4 is 10.6 Å². The highest BCUT2D eigenvalue weighted by atomic mass is 16.4. The van der Waals surface area contributed by atoms with E-state index in [9.17, 15) is 9.59 Å². The zero-order valence-electron chi connectivity index (χ0n) is 12.1. The number of nitrogens with one attached hydrogen (secondary N) is 2. The molecule has 0 spiro atoms. The summed E-state index contributed by atoms with van der Waals surface area (Å²) in [5.74, 6) is -1.03. The molecule has 1 aliphatic heterocycles. The summed E-state index contributed by atoms with van der Waals surface area (Å²) in [6.45, 7) is 7.98. The molecule has 0 aromatic carbocycles. The van der Waals surface area contributed by atoms with E-state index < -0.39 is 12.0 Å². The highest BCUT2D eigenvalue weighted by Gasteiger charge is 2.27. The van der Waals surface area contributed by atoms with Crippen molar-refractivity contribution < 1.29 is 14.7 Å². The van der Waals surface area contributed by atoms with Gasteiger partial charge in [0.1, 0.15) is 6.04 Å². The zero-order chi connectivity index (χ0) is 15.0. The average molecular weight is 283 g/mol. The van der Waals surface area contributed by atoms with Gasteiger partial charge in [0.2, 0.25) is 0 Å². The number of aliphatic carboxylic acids is 1. The van der Waals surface area contributed by atoms with E-state index in [4.69, 9.17) is 5.11 Å². The average Bonchev–Trinajstić information content (AvgIpc) is 2.45. The second kappa shape index (κ2) is 8.58. The predicted molar refractivity (Wildman–Crippen MR) is 77.7 cm³/mol. The normalized spacial score (nSPS) is 17.2. The smallest absolute Gasteiger partial charge is 0.326 e. The molecule has 0 saturated carbocycles. The molecule has 2 amide bonds. The Hall–Kier alpha value is -1.56. The number of rotatable bonds is 7. The second-order valence-electron chi connectivity index (χ2n) is 5.04. The maximum absolute atomic E-state index is 12.3. The van der Waals surface area contributed by atoms with Crippen LogP contribution in [0.5, 0.6) is 0 Å². The van der Waals surface area contributed by atoms with E-state index in [-0.39, 0.29) is 18.5 Å². The summed E-state index contributed by atoms with van der Waals surface area (Å²) < 4.78 is 0. The van der Waals surface area contributed by atoms with Gasteiger partial charge in [0.05, 0.1) is 0 Å². The van der Waals surface area contributed by atoms with Crippen LogP contribution in [0, 0.1) is 0 Å². The van der Waals surface area contributed by atoms with Crippen LogP contribution in [0.2, 0.25) is 0 Å². The first-order valence-electron chi connectivity index (χ1n) is 7.21. The summed E-state index contributed by atoms with van der Waals surface area (Å²) in [5, 5.41) is 14.9. The molecule has 6 nitrogen and oxygen atoms in total. The Labute approximate surface area is 120 Å². The number of piperidine rings is 1. The van der Waals surface area contributed by atoms with Gasteiger partial charge in [-0.3, -0.25) is 0 Å². The number of nitrogens with zero attached hydrogens (tertiary/aromatic N) is 1. The molecule has 1 saturated heterocycles. The summed E-state index contributed by atoms with van der Waals surface area (Å²) >= 11 is 0. The van der Waals surface area contributed by atoms with E-state index in [0.717, 1.165) is 32.4 Å². The molecule has 0 aliphatic carbocycles. The maximum Gasteiger partial charge on any atom is 0.326 e. The first kappa shape index (κ1) is 16.5. The molecule has 1 fully saturated rings. The minimum atomic E-state index is -1.03. The van der Waals surface area contributed by atoms with Crippen molar-refractivity contribution in [2.24, 2.45) is 0 Å². The topological polar surface area (TPSA) is 81.7 Å². The molecular formula is C14H25N3O3. The Morgan fingerprint density at radius 2 is 2.15 bits per heavy atom. The van der Waals surface area contributed by atoms with Crippen LogP contribution in [0.25, 0.3) is 0 Å². The Morgan fingerprint density at radius 1 is 1.50 bits per heavy atom. The molecule has 0 radical (unpaired) electrons. The van der Waals surface area contributed by atoms with Gasteiger partial charge in [-0.1, -0.05) is 13.0 Å². The lowest BCUT2D eigenvalue weighted by Gasteiger charge is -2.35. The van der Waals surface area contributed by atoms with Crippen LogP contribution in [0.15, 0.2) is 12.7 Å². The standard InChI is InChI=1S/C14H25N3O3/c1-3-5-12(13(18)19)16-14(20)17(10-4-2)11-6-8-15-9-7-11/h3,11-12,15H,1,4-10H2,2H3,(H,16,20)(H,18,19). The molecule has 1 heterocycles. The summed E-state index contributed by atoms with van der Waals surface area (Å²) in [6, 6.07) is -0.997. The minimum Gasteiger partial charge on any atom is -0.480 e. The van der Waals surface area contributed by atoms with Gasteiger partial charge in [-0.05, 0) is 38.8 Å². The quantitative estimate of drug-likeness (QED) is 0.613. The number of carboxylic acid groups (broad SMARTS) is 1. The van der Waals surface area contributed by atoms with E-state index in [2.05, 4.69) is 17.2 Å². The molecule has 1 aliphatic rings. The molecule has 114 valence electrons. The van der Waals surface area contributed by atoms with Crippen LogP contribution in [0.4, 0.5) is 4.79 Å². The summed E-state index contributed by atoms with van der Waals surface area (Å²) in [6.07, 6.45) is 4.41. The van der Waals surface area contributed by atoms with Crippen LogP contribution in [-0.4, -0.2) is 53.7 Å². The lowest BCUT2D eigenvalue weighted by Crippen LogP contribution is -2.53. The molecule has 0 aromatic rings. The van der Waals surface area contributed by atoms with Gasteiger partial charge in [-0.25, -0.2) is 9.59 Å². The van der Waals surface area contributed by atoms with Crippen molar-refractivity contribution in [3.8, 4) is 0 Å². The molecule has 1 rings (SSSR count). The third kappa shape index (κ3) is 4.85. The molecule has 20 heavy (non-hydrogen) atoms. The van der Waals surface area contributed by atoms with E-state index >= 15 is 0 Å². The predicted octanol–water partition coefficient (Wildman–Crippen LogP) is 1.19. The van der Waals surface area contributed by atoms with Gasteiger partial charge in [0, 0.05) is 12.6 Å². The number of amides is 2. The molecule has 6 heteroatoms. The van der Waals surface area contributed by atoms with Crippen molar-refractivity contribution in [3.05, 3.63) is 12.7 Å². The van der Waals surface area contributed by atoms with Crippen LogP contribution in [-0.2, 0) is 4.79 Å². The summed E-state index contributed by atoms with van der Waals surface area (Å²) in [5.41, 5.74) is 0. The first-order valence-corrected chi connectivity index (χ1v) is 7.21. The highest BCUT2D eigenvalue weighted by Crippen LogP contribution is 2.13. The minimum absolute atomic E-state index is 0.189. The van der Waals surface area contributed by atoms with Crippen molar-refractivity contribution in [1.82, 2.24) is 15.5 Å². The van der Waals surface area contributed by atoms with Crippen LogP contribution >= 0.6 is 0 Å². The number of carboxylic acids is 1. The zero-order valence-corrected chi connectivity index (χ0v) is 12.1. The molecule has 1 unspecified atom stereocenters. The van der Waals surface area contributed by atoms with E-state index in [0.29, 0.717) is 6.54 Å². The summed E-state index contributed by atoms with van der Waals surface area (Å²) in [7, 11) is 0. The van der Waals surface area contributed by atoms with E-state index in [1.807, 2.05) is 6.92 Å². The number of hydrogen-bond donors (Lipinski definition) is 3. The van der Waals surface area contributed by atoms with Crippen molar-refractivity contribution in [3.63, 3.8) is 0 Å². The lowest BCUT2D eigenvalue weighted by atomic mass is 10.0. The number of hydrogen-bond acceptors (Lipinski definition) is 3. The number of carbonyl (C=O) groups is 2. The van der Waals surface area contributed by atoms with Crippen molar-refractivity contribution in [2.45, 2.75) is 44.7 Å². The molecule has 0 bridgehead atoms. The number of carbonyl (C=O) groups excluding carboxylic acids is 1. The maximum atomic E-state index is 12.3. The van der Waals surface area contributed by atoms with Gasteiger partial charge in [0.15, 0.2) is 0 Å². The molecule has 3 N–H and O–H groups in total. The van der Waals surface area contributed by atoms with Crippen LogP contribution in [0.1, 0.15) is 32.6 Å². The molecule has 1 atom stereocenters. The Bertz CT molecular complexity index is 341. The lowest BCUT2D eigenvalue weighted by molar-refractivity contribution is -0.139. The van der Waals surface area contributed by atoms with Gasteiger partial charge in [-0.15, -0.1) is 6.58 Å². The fraction of sp³-hybridized carbons (Fsp3) is 0.714. The van der Waals surface area contributed by atoms with Crippen molar-refractivity contribution >= 4 is 12.0 Å². The summed E-state index contributed by atoms with van der Waals surface area (Å²) in [4.78, 5) is 25.2. The molecule has 0 aromatic heterocycles. The van der Waals surface area contributed by atoms with Gasteiger partial charge >= 0.3 is 12.0 Å². The van der Waals surface area contributed by atoms with Crippen molar-refractivity contribution in [2.75, 3.05) is 19.6 Å². The second-order valence-corrected chi connectivity index (χ2v) is 5.04. The van der Waals surface area contributed by atoms with Gasteiger partial charge in [0.25, 0.3) is 0 Å². The largest absolute Gasteiger partial charge is 0.480 e. The Morgan fingerprint density at radius 3 is 2.65 bits per heavy atom. The van der Waals surface area contributed by atoms with Gasteiger partial charge in [-0.2, -0.15) is 0 Å². The van der Waals surface area contributed by atoms with E-state index in [1.165, 1.54) is 6.08 Å². The third-order valence-corrected chi connectivity index (χ3v) is 3.47. The SMILES string of the molecule is C=CCC(NC(=O)N(CCC)C1CCNCC1)C(=O)O. The Kier molecular flexibility index (Phi) is 7.08. The number of urea groups is 1. The van der Waals surface area contributed by atoms with Crippen molar-refractivity contribution in [1.29, 1.82) is 0 Å². The van der Waals surface area contributed by atoms with Gasteiger partial charge < -0.3 is 20.6 Å². The fourth-order valence-electron chi connectivity index (χ4n) is 2.43. The fourth-order valence-corrected chi connectivity index (χ4v) is 2.43. The third-order valence-electron chi connectivity index (χ3n) is 3.47. The van der Waals surface area contributed by atoms with Crippen LogP contribution in [0.3, 0.4) is 0 Å². The molecular weight excluding hydrogens is 258 g/mol. The monoisotopic (exact) mass is 283 g/mol.